The van der Waals surface area contributed by atoms with Crippen LogP contribution in [0.15, 0.2) is 54.6 Å². The van der Waals surface area contributed by atoms with Gasteiger partial charge in [0.15, 0.2) is 0 Å². The van der Waals surface area contributed by atoms with Crippen LogP contribution in [0.5, 0.6) is 5.75 Å². The van der Waals surface area contributed by atoms with Gasteiger partial charge in [-0.2, -0.15) is 13.2 Å². The number of carbonyl (C=O) groups is 2. The Bertz CT molecular complexity index is 749. The number of alkyl halides is 3. The van der Waals surface area contributed by atoms with Crippen molar-refractivity contribution in [2.24, 2.45) is 0 Å². The summed E-state index contributed by atoms with van der Waals surface area (Å²) in [6.07, 6.45) is -4.89. The molecule has 0 unspecified atom stereocenters. The van der Waals surface area contributed by atoms with Crippen LogP contribution in [0.4, 0.5) is 18.9 Å². The van der Waals surface area contributed by atoms with Crippen molar-refractivity contribution in [2.75, 3.05) is 11.9 Å². The molecule has 0 spiro atoms. The molecule has 0 aliphatic rings. The van der Waals surface area contributed by atoms with E-state index in [9.17, 15) is 22.8 Å². The van der Waals surface area contributed by atoms with Crippen LogP contribution in [-0.4, -0.2) is 24.6 Å². The SMILES string of the molecule is O=C(CCOc1ccccc1)NCc1ccccc1NC(=O)C(F)(F)F. The largest absolute Gasteiger partial charge is 0.493 e. The maximum atomic E-state index is 12.4. The number of ether oxygens (including phenoxy) is 1. The van der Waals surface area contributed by atoms with Crippen molar-refractivity contribution >= 4 is 17.5 Å². The summed E-state index contributed by atoms with van der Waals surface area (Å²) in [4.78, 5) is 22.9. The molecule has 0 fully saturated rings. The number of nitrogens with one attached hydrogen (secondary N) is 2. The molecule has 5 nitrogen and oxygen atoms in total. The molecule has 2 N–H and O–H groups in total. The first kappa shape index (κ1) is 19.3. The van der Waals surface area contributed by atoms with Gasteiger partial charge in [-0.05, 0) is 23.8 Å². The van der Waals surface area contributed by atoms with Crippen molar-refractivity contribution in [3.05, 3.63) is 60.2 Å². The molecule has 0 aliphatic carbocycles. The molecule has 0 aromatic heterocycles. The lowest BCUT2D eigenvalue weighted by Crippen LogP contribution is -2.31. The average molecular weight is 366 g/mol. The molecule has 0 atom stereocenters. The lowest BCUT2D eigenvalue weighted by molar-refractivity contribution is -0.167. The lowest BCUT2D eigenvalue weighted by atomic mass is 10.1. The number of carbonyl (C=O) groups excluding carboxylic acids is 2. The average Bonchev–Trinajstić information content (AvgIpc) is 2.61. The van der Waals surface area contributed by atoms with Crippen molar-refractivity contribution in [2.45, 2.75) is 19.1 Å². The summed E-state index contributed by atoms with van der Waals surface area (Å²) in [5.41, 5.74) is 0.359. The Balaban J connectivity index is 1.83. The molecule has 0 radical (unpaired) electrons. The summed E-state index contributed by atoms with van der Waals surface area (Å²) in [6.45, 7) is 0.154. The quantitative estimate of drug-likeness (QED) is 0.790. The van der Waals surface area contributed by atoms with Crippen molar-refractivity contribution in [1.82, 2.24) is 5.32 Å². The normalized spacial score (nSPS) is 10.9. The van der Waals surface area contributed by atoms with Crippen LogP contribution >= 0.6 is 0 Å². The zero-order valence-corrected chi connectivity index (χ0v) is 13.7. The molecule has 2 rings (SSSR count). The van der Waals surface area contributed by atoms with Crippen molar-refractivity contribution in [3.63, 3.8) is 0 Å². The molecule has 138 valence electrons. The summed E-state index contributed by atoms with van der Waals surface area (Å²) in [6, 6.07) is 14.9. The van der Waals surface area contributed by atoms with Crippen molar-refractivity contribution < 1.29 is 27.5 Å². The van der Waals surface area contributed by atoms with E-state index in [1.54, 1.807) is 23.5 Å². The molecular weight excluding hydrogens is 349 g/mol. The second-order valence-corrected chi connectivity index (χ2v) is 5.30. The van der Waals surface area contributed by atoms with Crippen LogP contribution < -0.4 is 15.4 Å². The molecule has 26 heavy (non-hydrogen) atoms. The number of hydrogen-bond donors (Lipinski definition) is 2. The van der Waals surface area contributed by atoms with E-state index in [0.717, 1.165) is 0 Å². The maximum absolute atomic E-state index is 12.4. The van der Waals surface area contributed by atoms with Crippen LogP contribution in [-0.2, 0) is 16.1 Å². The number of anilines is 1. The van der Waals surface area contributed by atoms with Gasteiger partial charge in [-0.3, -0.25) is 9.59 Å². The van der Waals surface area contributed by atoms with Crippen molar-refractivity contribution in [3.8, 4) is 5.75 Å². The van der Waals surface area contributed by atoms with E-state index < -0.39 is 12.1 Å². The smallest absolute Gasteiger partial charge is 0.471 e. The fraction of sp³-hybridized carbons (Fsp3) is 0.222. The number of para-hydroxylation sites is 2. The van der Waals surface area contributed by atoms with Gasteiger partial charge in [-0.15, -0.1) is 0 Å². The number of rotatable bonds is 7. The fourth-order valence-corrected chi connectivity index (χ4v) is 2.05. The number of benzene rings is 2. The zero-order chi connectivity index (χ0) is 19.0. The highest BCUT2D eigenvalue weighted by molar-refractivity contribution is 5.95. The van der Waals surface area contributed by atoms with E-state index in [1.807, 2.05) is 18.2 Å². The fourth-order valence-electron chi connectivity index (χ4n) is 2.05. The highest BCUT2D eigenvalue weighted by Crippen LogP contribution is 2.21. The van der Waals surface area contributed by atoms with E-state index in [-0.39, 0.29) is 31.2 Å². The lowest BCUT2D eigenvalue weighted by Gasteiger charge is -2.13. The van der Waals surface area contributed by atoms with E-state index in [1.165, 1.54) is 18.2 Å². The molecule has 0 saturated heterocycles. The Hall–Kier alpha value is -3.03. The Kier molecular flexibility index (Phi) is 6.60. The van der Waals surface area contributed by atoms with Crippen LogP contribution in [0, 0.1) is 0 Å². The van der Waals surface area contributed by atoms with Gasteiger partial charge in [0, 0.05) is 12.2 Å². The summed E-state index contributed by atoms with van der Waals surface area (Å²) in [5.74, 6) is -1.74. The summed E-state index contributed by atoms with van der Waals surface area (Å²) in [7, 11) is 0. The van der Waals surface area contributed by atoms with Gasteiger partial charge in [0.2, 0.25) is 5.91 Å². The minimum Gasteiger partial charge on any atom is -0.493 e. The second kappa shape index (κ2) is 8.89. The van der Waals surface area contributed by atoms with E-state index in [2.05, 4.69) is 5.32 Å². The van der Waals surface area contributed by atoms with Crippen LogP contribution in [0.2, 0.25) is 0 Å². The minimum absolute atomic E-state index is 0.00402. The summed E-state index contributed by atoms with van der Waals surface area (Å²) in [5, 5.41) is 4.39. The second-order valence-electron chi connectivity index (χ2n) is 5.30. The first-order chi connectivity index (χ1) is 12.4. The van der Waals surface area contributed by atoms with Crippen LogP contribution in [0.3, 0.4) is 0 Å². The highest BCUT2D eigenvalue weighted by atomic mass is 19.4. The molecule has 2 aromatic rings. The number of amides is 2. The molecule has 8 heteroatoms. The number of halogens is 3. The van der Waals surface area contributed by atoms with Gasteiger partial charge in [0.25, 0.3) is 0 Å². The van der Waals surface area contributed by atoms with Crippen molar-refractivity contribution in [1.29, 1.82) is 0 Å². The topological polar surface area (TPSA) is 67.4 Å². The molecule has 2 aromatic carbocycles. The Labute approximate surface area is 148 Å². The first-order valence-corrected chi connectivity index (χ1v) is 7.77. The maximum Gasteiger partial charge on any atom is 0.471 e. The third kappa shape index (κ3) is 6.12. The standard InChI is InChI=1S/C18H17F3N2O3/c19-18(20,21)17(25)23-15-9-5-4-6-13(15)12-22-16(24)10-11-26-14-7-2-1-3-8-14/h1-9H,10-12H2,(H,22,24)(H,23,25). The highest BCUT2D eigenvalue weighted by Gasteiger charge is 2.38. The Morgan fingerprint density at radius 1 is 0.962 bits per heavy atom. The van der Waals surface area contributed by atoms with Gasteiger partial charge in [0.05, 0.1) is 13.0 Å². The number of hydrogen-bond acceptors (Lipinski definition) is 3. The molecule has 0 saturated carbocycles. The Morgan fingerprint density at radius 2 is 1.62 bits per heavy atom. The van der Waals surface area contributed by atoms with Gasteiger partial charge in [-0.1, -0.05) is 36.4 Å². The third-order valence-electron chi connectivity index (χ3n) is 3.34. The van der Waals surface area contributed by atoms with E-state index in [0.29, 0.717) is 11.3 Å². The molecule has 0 aliphatic heterocycles. The first-order valence-electron chi connectivity index (χ1n) is 7.77. The predicted octanol–water partition coefficient (Wildman–Crippen LogP) is 3.27. The minimum atomic E-state index is -4.98. The Morgan fingerprint density at radius 3 is 2.31 bits per heavy atom. The van der Waals surface area contributed by atoms with Gasteiger partial charge in [0.1, 0.15) is 5.75 Å². The molecule has 0 bridgehead atoms. The molecular formula is C18H17F3N2O3. The van der Waals surface area contributed by atoms with Crippen LogP contribution in [0.1, 0.15) is 12.0 Å². The van der Waals surface area contributed by atoms with Crippen LogP contribution in [0.25, 0.3) is 0 Å². The third-order valence-corrected chi connectivity index (χ3v) is 3.34. The van der Waals surface area contributed by atoms with E-state index >= 15 is 0 Å². The summed E-state index contributed by atoms with van der Waals surface area (Å²) >= 11 is 0. The molecule has 2 amide bonds. The van der Waals surface area contributed by atoms with Gasteiger partial charge < -0.3 is 15.4 Å². The predicted molar refractivity (Wildman–Crippen MR) is 89.5 cm³/mol. The summed E-state index contributed by atoms with van der Waals surface area (Å²) < 4.78 is 42.5. The molecule has 0 heterocycles. The van der Waals surface area contributed by atoms with Gasteiger partial charge >= 0.3 is 12.1 Å². The zero-order valence-electron chi connectivity index (χ0n) is 13.7. The monoisotopic (exact) mass is 366 g/mol. The van der Waals surface area contributed by atoms with Gasteiger partial charge in [-0.25, -0.2) is 0 Å². The van der Waals surface area contributed by atoms with E-state index in [4.69, 9.17) is 4.74 Å².